The van der Waals surface area contributed by atoms with Gasteiger partial charge in [0.2, 0.25) is 10.0 Å². The number of sulfonamides is 1. The van der Waals surface area contributed by atoms with E-state index in [0.29, 0.717) is 47.9 Å². The molecule has 0 fully saturated rings. The summed E-state index contributed by atoms with van der Waals surface area (Å²) >= 11 is 1.38. The lowest BCUT2D eigenvalue weighted by molar-refractivity contribution is 0.0997. The maximum atomic E-state index is 13.3. The highest BCUT2D eigenvalue weighted by Crippen LogP contribution is 2.33. The average Bonchev–Trinajstić information content (AvgIpc) is 3.27. The zero-order valence-corrected chi connectivity index (χ0v) is 22.4. The van der Waals surface area contributed by atoms with E-state index < -0.39 is 15.9 Å². The molecule has 4 aromatic rings. The molecule has 0 spiro atoms. The molecule has 0 saturated carbocycles. The Morgan fingerprint density at radius 1 is 1.00 bits per heavy atom. The number of benzene rings is 3. The van der Waals surface area contributed by atoms with Crippen molar-refractivity contribution in [2.45, 2.75) is 31.3 Å². The lowest BCUT2D eigenvalue weighted by atomic mass is 10.0. The summed E-state index contributed by atoms with van der Waals surface area (Å²) in [5, 5.41) is 0. The quantitative estimate of drug-likeness (QED) is 0.367. The Morgan fingerprint density at radius 2 is 1.68 bits per heavy atom. The minimum Gasteiger partial charge on any atom is -0.493 e. The summed E-state index contributed by atoms with van der Waals surface area (Å²) in [4.78, 5) is 18.1. The van der Waals surface area contributed by atoms with Gasteiger partial charge in [0.05, 0.1) is 29.3 Å². The van der Waals surface area contributed by atoms with Crippen LogP contribution in [0.3, 0.4) is 0 Å². The van der Waals surface area contributed by atoms with Crippen LogP contribution in [0.4, 0.5) is 0 Å². The molecule has 0 bridgehead atoms. The first-order chi connectivity index (χ1) is 17.8. The van der Waals surface area contributed by atoms with E-state index >= 15 is 0 Å². The van der Waals surface area contributed by atoms with E-state index in [0.717, 1.165) is 15.8 Å². The Morgan fingerprint density at radius 3 is 2.35 bits per heavy atom. The van der Waals surface area contributed by atoms with Crippen LogP contribution in [0, 0.1) is 0 Å². The van der Waals surface area contributed by atoms with Gasteiger partial charge in [0.25, 0.3) is 5.91 Å². The van der Waals surface area contributed by atoms with Gasteiger partial charge in [-0.3, -0.25) is 4.79 Å². The number of nitrogens with zero attached hydrogens (tertiary/aromatic N) is 3. The number of fused-ring (bicyclic) bond motifs is 2. The van der Waals surface area contributed by atoms with E-state index in [1.807, 2.05) is 47.9 Å². The van der Waals surface area contributed by atoms with Crippen LogP contribution in [-0.4, -0.2) is 44.0 Å². The van der Waals surface area contributed by atoms with Gasteiger partial charge in [0.1, 0.15) is 0 Å². The molecule has 1 aliphatic heterocycles. The number of aromatic nitrogens is 1. The molecule has 10 heteroatoms. The number of amides is 1. The van der Waals surface area contributed by atoms with Crippen LogP contribution in [-0.2, 0) is 29.5 Å². The molecule has 5 rings (SSSR count). The summed E-state index contributed by atoms with van der Waals surface area (Å²) in [6.07, 6.45) is 0.676. The van der Waals surface area contributed by atoms with Crippen LogP contribution in [0.15, 0.2) is 70.6 Å². The van der Waals surface area contributed by atoms with Crippen LogP contribution >= 0.6 is 11.3 Å². The second-order valence-electron chi connectivity index (χ2n) is 8.60. The lowest BCUT2D eigenvalue weighted by Crippen LogP contribution is -2.35. The molecule has 2 heterocycles. The van der Waals surface area contributed by atoms with Crippen molar-refractivity contribution >= 4 is 37.5 Å². The van der Waals surface area contributed by atoms with Crippen LogP contribution in [0.2, 0.25) is 0 Å². The third-order valence-electron chi connectivity index (χ3n) is 6.54. The smallest absolute Gasteiger partial charge is 0.279 e. The minimum atomic E-state index is -3.68. The SMILES string of the molecule is CCn1c(=NC(=O)c2ccc(S(=O)(=O)N3CCc4ccccc4C3)cc2)sc2cc(OC)c(OC)cc21. The van der Waals surface area contributed by atoms with Crippen molar-refractivity contribution in [2.75, 3.05) is 20.8 Å². The highest BCUT2D eigenvalue weighted by Gasteiger charge is 2.28. The molecule has 0 aliphatic carbocycles. The largest absolute Gasteiger partial charge is 0.493 e. The van der Waals surface area contributed by atoms with Crippen molar-refractivity contribution in [1.29, 1.82) is 0 Å². The first-order valence-electron chi connectivity index (χ1n) is 11.9. The zero-order valence-electron chi connectivity index (χ0n) is 20.8. The molecule has 0 unspecified atom stereocenters. The maximum Gasteiger partial charge on any atom is 0.279 e. The van der Waals surface area contributed by atoms with E-state index in [1.54, 1.807) is 14.2 Å². The van der Waals surface area contributed by atoms with Crippen molar-refractivity contribution in [3.8, 4) is 11.5 Å². The van der Waals surface area contributed by atoms with Crippen LogP contribution in [0.1, 0.15) is 28.4 Å². The molecular formula is C27H27N3O5S2. The van der Waals surface area contributed by atoms with Gasteiger partial charge < -0.3 is 14.0 Å². The average molecular weight is 538 g/mol. The molecule has 1 amide bonds. The first kappa shape index (κ1) is 25.2. The number of hydrogen-bond donors (Lipinski definition) is 0. The highest BCUT2D eigenvalue weighted by atomic mass is 32.2. The van der Waals surface area contributed by atoms with Crippen molar-refractivity contribution < 1.29 is 22.7 Å². The summed E-state index contributed by atoms with van der Waals surface area (Å²) in [5.74, 6) is 0.761. The molecular weight excluding hydrogens is 510 g/mol. The number of hydrogen-bond acceptors (Lipinski definition) is 6. The molecule has 1 aromatic heterocycles. The summed E-state index contributed by atoms with van der Waals surface area (Å²) in [7, 11) is -0.526. The summed E-state index contributed by atoms with van der Waals surface area (Å²) in [6, 6.07) is 17.6. The van der Waals surface area contributed by atoms with Crippen molar-refractivity contribution in [1.82, 2.24) is 8.87 Å². The summed E-state index contributed by atoms with van der Waals surface area (Å²) in [5.41, 5.74) is 3.41. The van der Waals surface area contributed by atoms with Crippen LogP contribution < -0.4 is 14.3 Å². The number of thiazole rings is 1. The van der Waals surface area contributed by atoms with Crippen molar-refractivity contribution in [3.05, 3.63) is 82.2 Å². The summed E-state index contributed by atoms with van der Waals surface area (Å²) in [6.45, 7) is 3.35. The second-order valence-corrected chi connectivity index (χ2v) is 11.5. The topological polar surface area (TPSA) is 90.2 Å². The fourth-order valence-corrected chi connectivity index (χ4v) is 7.05. The van der Waals surface area contributed by atoms with Gasteiger partial charge in [-0.15, -0.1) is 0 Å². The van der Waals surface area contributed by atoms with Gasteiger partial charge in [-0.2, -0.15) is 9.30 Å². The molecule has 3 aromatic carbocycles. The Balaban J connectivity index is 1.43. The third-order valence-corrected chi connectivity index (χ3v) is 9.44. The van der Waals surface area contributed by atoms with Crippen LogP contribution in [0.25, 0.3) is 10.2 Å². The zero-order chi connectivity index (χ0) is 26.2. The molecule has 1 aliphatic rings. The Hall–Kier alpha value is -3.47. The predicted octanol–water partition coefficient (Wildman–Crippen LogP) is 4.23. The van der Waals surface area contributed by atoms with E-state index in [-0.39, 0.29) is 4.90 Å². The third kappa shape index (κ3) is 4.68. The molecule has 0 saturated heterocycles. The molecule has 8 nitrogen and oxygen atoms in total. The second kappa shape index (κ2) is 10.1. The minimum absolute atomic E-state index is 0.160. The molecule has 37 heavy (non-hydrogen) atoms. The number of aryl methyl sites for hydroxylation is 1. The molecule has 0 N–H and O–H groups in total. The fraction of sp³-hybridized carbons (Fsp3) is 0.259. The highest BCUT2D eigenvalue weighted by molar-refractivity contribution is 7.89. The van der Waals surface area contributed by atoms with Gasteiger partial charge in [-0.05, 0) is 48.7 Å². The number of methoxy groups -OCH3 is 2. The standard InChI is InChI=1S/C27H27N3O5S2/c1-4-30-22-15-23(34-2)24(35-3)16-25(22)36-27(30)28-26(31)19-9-11-21(12-10-19)37(32,33)29-14-13-18-7-5-6-8-20(18)17-29/h5-12,15-16H,4,13-14,17H2,1-3H3. The fourth-order valence-electron chi connectivity index (χ4n) is 4.53. The summed E-state index contributed by atoms with van der Waals surface area (Å²) < 4.78 is 41.7. The molecule has 192 valence electrons. The van der Waals surface area contributed by atoms with E-state index in [9.17, 15) is 13.2 Å². The van der Waals surface area contributed by atoms with Gasteiger partial charge in [-0.25, -0.2) is 8.42 Å². The number of carbonyl (C=O) groups is 1. The van der Waals surface area contributed by atoms with Crippen molar-refractivity contribution in [2.24, 2.45) is 4.99 Å². The van der Waals surface area contributed by atoms with Crippen molar-refractivity contribution in [3.63, 3.8) is 0 Å². The van der Waals surface area contributed by atoms with Gasteiger partial charge >= 0.3 is 0 Å². The Kier molecular flexibility index (Phi) is 6.89. The number of ether oxygens (including phenoxy) is 2. The normalized spacial score (nSPS) is 14.5. The van der Waals surface area contributed by atoms with Gasteiger partial charge in [0.15, 0.2) is 16.3 Å². The number of carbonyl (C=O) groups excluding carboxylic acids is 1. The molecule has 0 atom stereocenters. The first-order valence-corrected chi connectivity index (χ1v) is 14.1. The Labute approximate surface area is 219 Å². The monoisotopic (exact) mass is 537 g/mol. The maximum absolute atomic E-state index is 13.3. The van der Waals surface area contributed by atoms with Gasteiger partial charge in [0, 0.05) is 37.3 Å². The van der Waals surface area contributed by atoms with E-state index in [1.165, 1.54) is 45.5 Å². The lowest BCUT2D eigenvalue weighted by Gasteiger charge is -2.28. The number of rotatable bonds is 6. The Bertz CT molecular complexity index is 1650. The predicted molar refractivity (Wildman–Crippen MR) is 143 cm³/mol. The van der Waals surface area contributed by atoms with E-state index in [4.69, 9.17) is 9.47 Å². The van der Waals surface area contributed by atoms with E-state index in [2.05, 4.69) is 4.99 Å². The molecule has 0 radical (unpaired) electrons. The van der Waals surface area contributed by atoms with Gasteiger partial charge in [-0.1, -0.05) is 35.6 Å². The van der Waals surface area contributed by atoms with Crippen LogP contribution in [0.5, 0.6) is 11.5 Å².